The SMILES string of the molecule is CCCCCOc1ccc(C(=O)Nc2cccc(F)c2F)cc1. The van der Waals surface area contributed by atoms with Gasteiger partial charge in [0.15, 0.2) is 11.6 Å². The molecule has 0 aliphatic rings. The van der Waals surface area contributed by atoms with E-state index in [9.17, 15) is 13.6 Å². The van der Waals surface area contributed by atoms with Crippen molar-refractivity contribution in [2.45, 2.75) is 26.2 Å². The van der Waals surface area contributed by atoms with Crippen LogP contribution in [0, 0.1) is 11.6 Å². The maximum Gasteiger partial charge on any atom is 0.255 e. The van der Waals surface area contributed by atoms with Crippen molar-refractivity contribution >= 4 is 11.6 Å². The van der Waals surface area contributed by atoms with Crippen LogP contribution in [0.15, 0.2) is 42.5 Å². The molecule has 1 amide bonds. The molecule has 1 N–H and O–H groups in total. The van der Waals surface area contributed by atoms with Crippen LogP contribution in [-0.4, -0.2) is 12.5 Å². The average Bonchev–Trinajstić information content (AvgIpc) is 2.56. The van der Waals surface area contributed by atoms with Crippen molar-refractivity contribution in [1.82, 2.24) is 0 Å². The number of unbranched alkanes of at least 4 members (excludes halogenated alkanes) is 2. The Labute approximate surface area is 134 Å². The molecule has 0 aliphatic carbocycles. The van der Waals surface area contributed by atoms with Crippen LogP contribution in [0.4, 0.5) is 14.5 Å². The summed E-state index contributed by atoms with van der Waals surface area (Å²) in [4.78, 5) is 12.0. The van der Waals surface area contributed by atoms with E-state index >= 15 is 0 Å². The Bertz CT molecular complexity index is 657. The number of hydrogen-bond donors (Lipinski definition) is 1. The molecule has 0 saturated heterocycles. The Kier molecular flexibility index (Phi) is 6.09. The molecular weight excluding hydrogens is 300 g/mol. The standard InChI is InChI=1S/C18H19F2NO2/c1-2-3-4-12-23-14-10-8-13(9-11-14)18(22)21-16-7-5-6-15(19)17(16)20/h5-11H,2-4,12H2,1H3,(H,21,22). The summed E-state index contributed by atoms with van der Waals surface area (Å²) in [6, 6.07) is 10.2. The number of rotatable bonds is 7. The topological polar surface area (TPSA) is 38.3 Å². The Hall–Kier alpha value is -2.43. The van der Waals surface area contributed by atoms with Crippen molar-refractivity contribution in [1.29, 1.82) is 0 Å². The minimum Gasteiger partial charge on any atom is -0.494 e. The summed E-state index contributed by atoms with van der Waals surface area (Å²) >= 11 is 0. The quantitative estimate of drug-likeness (QED) is 0.745. The normalized spacial score (nSPS) is 10.4. The molecule has 0 unspecified atom stereocenters. The number of nitrogens with one attached hydrogen (secondary N) is 1. The molecule has 122 valence electrons. The molecule has 0 bridgehead atoms. The number of anilines is 1. The molecule has 0 aromatic heterocycles. The number of amides is 1. The molecule has 23 heavy (non-hydrogen) atoms. The van der Waals surface area contributed by atoms with Gasteiger partial charge in [-0.2, -0.15) is 0 Å². The maximum absolute atomic E-state index is 13.5. The van der Waals surface area contributed by atoms with Gasteiger partial charge in [-0.3, -0.25) is 4.79 Å². The molecule has 3 nitrogen and oxygen atoms in total. The summed E-state index contributed by atoms with van der Waals surface area (Å²) in [7, 11) is 0. The van der Waals surface area contributed by atoms with Gasteiger partial charge in [0.25, 0.3) is 5.91 Å². The summed E-state index contributed by atoms with van der Waals surface area (Å²) in [5.41, 5.74) is 0.157. The number of halogens is 2. The Morgan fingerprint density at radius 1 is 1.09 bits per heavy atom. The van der Waals surface area contributed by atoms with Crippen molar-refractivity contribution in [3.05, 3.63) is 59.7 Å². The zero-order chi connectivity index (χ0) is 16.7. The highest BCUT2D eigenvalue weighted by Gasteiger charge is 2.12. The van der Waals surface area contributed by atoms with Gasteiger partial charge in [0.2, 0.25) is 0 Å². The first-order valence-electron chi connectivity index (χ1n) is 7.60. The van der Waals surface area contributed by atoms with E-state index in [0.29, 0.717) is 17.9 Å². The molecule has 0 aliphatic heterocycles. The highest BCUT2D eigenvalue weighted by Crippen LogP contribution is 2.18. The molecule has 0 saturated carbocycles. The second-order valence-corrected chi connectivity index (χ2v) is 5.14. The average molecular weight is 319 g/mol. The van der Waals surface area contributed by atoms with Gasteiger partial charge >= 0.3 is 0 Å². The van der Waals surface area contributed by atoms with Crippen LogP contribution in [0.5, 0.6) is 5.75 Å². The van der Waals surface area contributed by atoms with Crippen LogP contribution in [0.2, 0.25) is 0 Å². The molecular formula is C18H19F2NO2. The van der Waals surface area contributed by atoms with Crippen LogP contribution < -0.4 is 10.1 Å². The van der Waals surface area contributed by atoms with Gasteiger partial charge in [-0.25, -0.2) is 8.78 Å². The zero-order valence-electron chi connectivity index (χ0n) is 12.9. The van der Waals surface area contributed by atoms with Gasteiger partial charge in [-0.05, 0) is 42.8 Å². The summed E-state index contributed by atoms with van der Waals surface area (Å²) in [5, 5.41) is 2.35. The Morgan fingerprint density at radius 3 is 2.52 bits per heavy atom. The summed E-state index contributed by atoms with van der Waals surface area (Å²) in [5.74, 6) is -1.91. The minimum absolute atomic E-state index is 0.185. The van der Waals surface area contributed by atoms with Crippen molar-refractivity contribution in [2.75, 3.05) is 11.9 Å². The van der Waals surface area contributed by atoms with Crippen molar-refractivity contribution in [3.8, 4) is 5.75 Å². The molecule has 0 radical (unpaired) electrons. The van der Waals surface area contributed by atoms with Crippen LogP contribution in [0.3, 0.4) is 0 Å². The largest absolute Gasteiger partial charge is 0.494 e. The summed E-state index contributed by atoms with van der Waals surface area (Å²) in [6.07, 6.45) is 3.22. The lowest BCUT2D eigenvalue weighted by molar-refractivity contribution is 0.102. The zero-order valence-corrected chi connectivity index (χ0v) is 12.9. The van der Waals surface area contributed by atoms with E-state index < -0.39 is 17.5 Å². The van der Waals surface area contributed by atoms with Crippen LogP contribution in [0.25, 0.3) is 0 Å². The number of ether oxygens (including phenoxy) is 1. The second-order valence-electron chi connectivity index (χ2n) is 5.14. The lowest BCUT2D eigenvalue weighted by Crippen LogP contribution is -2.13. The van der Waals surface area contributed by atoms with Gasteiger partial charge in [-0.15, -0.1) is 0 Å². The summed E-state index contributed by atoms with van der Waals surface area (Å²) < 4.78 is 32.2. The molecule has 0 spiro atoms. The lowest BCUT2D eigenvalue weighted by Gasteiger charge is -2.08. The van der Waals surface area contributed by atoms with E-state index in [1.54, 1.807) is 24.3 Å². The fourth-order valence-electron chi connectivity index (χ4n) is 2.04. The fraction of sp³-hybridized carbons (Fsp3) is 0.278. The lowest BCUT2D eigenvalue weighted by atomic mass is 10.2. The Balaban J connectivity index is 1.96. The molecule has 2 aromatic carbocycles. The molecule has 0 atom stereocenters. The fourth-order valence-corrected chi connectivity index (χ4v) is 2.04. The highest BCUT2D eigenvalue weighted by molar-refractivity contribution is 6.04. The highest BCUT2D eigenvalue weighted by atomic mass is 19.2. The first-order valence-corrected chi connectivity index (χ1v) is 7.60. The molecule has 5 heteroatoms. The predicted octanol–water partition coefficient (Wildman–Crippen LogP) is 4.79. The predicted molar refractivity (Wildman–Crippen MR) is 85.8 cm³/mol. The van der Waals surface area contributed by atoms with E-state index in [1.165, 1.54) is 12.1 Å². The van der Waals surface area contributed by atoms with Gasteiger partial charge in [0.1, 0.15) is 5.75 Å². The number of carbonyl (C=O) groups excluding carboxylic acids is 1. The smallest absolute Gasteiger partial charge is 0.255 e. The first-order chi connectivity index (χ1) is 11.1. The van der Waals surface area contributed by atoms with E-state index in [4.69, 9.17) is 4.74 Å². The molecule has 0 fully saturated rings. The third-order valence-electron chi connectivity index (χ3n) is 3.33. The number of carbonyl (C=O) groups is 1. The van der Waals surface area contributed by atoms with Crippen molar-refractivity contribution < 1.29 is 18.3 Å². The maximum atomic E-state index is 13.5. The number of benzene rings is 2. The Morgan fingerprint density at radius 2 is 1.83 bits per heavy atom. The first kappa shape index (κ1) is 16.9. The summed E-state index contributed by atoms with van der Waals surface area (Å²) in [6.45, 7) is 2.75. The van der Waals surface area contributed by atoms with Crippen LogP contribution >= 0.6 is 0 Å². The third-order valence-corrected chi connectivity index (χ3v) is 3.33. The van der Waals surface area contributed by atoms with Crippen molar-refractivity contribution in [2.24, 2.45) is 0 Å². The van der Waals surface area contributed by atoms with Crippen LogP contribution in [0.1, 0.15) is 36.5 Å². The minimum atomic E-state index is -1.07. The van der Waals surface area contributed by atoms with E-state index in [2.05, 4.69) is 12.2 Å². The number of hydrogen-bond acceptors (Lipinski definition) is 2. The molecule has 2 rings (SSSR count). The van der Waals surface area contributed by atoms with E-state index in [1.807, 2.05) is 0 Å². The third kappa shape index (κ3) is 4.77. The van der Waals surface area contributed by atoms with Crippen LogP contribution in [-0.2, 0) is 0 Å². The molecule has 2 aromatic rings. The second kappa shape index (κ2) is 8.27. The van der Waals surface area contributed by atoms with Gasteiger partial charge in [0.05, 0.1) is 12.3 Å². The van der Waals surface area contributed by atoms with Crippen molar-refractivity contribution in [3.63, 3.8) is 0 Å². The molecule has 0 heterocycles. The van der Waals surface area contributed by atoms with E-state index in [0.717, 1.165) is 25.3 Å². The van der Waals surface area contributed by atoms with Gasteiger partial charge in [0, 0.05) is 5.56 Å². The van der Waals surface area contributed by atoms with Gasteiger partial charge < -0.3 is 10.1 Å². The van der Waals surface area contributed by atoms with E-state index in [-0.39, 0.29) is 5.69 Å². The van der Waals surface area contributed by atoms with Gasteiger partial charge in [-0.1, -0.05) is 25.8 Å². The monoisotopic (exact) mass is 319 g/mol.